The minimum atomic E-state index is -1.44. The highest BCUT2D eigenvalue weighted by Gasteiger charge is 2.37. The van der Waals surface area contributed by atoms with Crippen molar-refractivity contribution in [3.63, 3.8) is 0 Å². The SMILES string of the molecule is O=C1c2ccc(O)cc2O[C@H](c2ccc(O)c(O)c2)[C@@H]1O. The molecular formula is C15H12O6. The summed E-state index contributed by atoms with van der Waals surface area (Å²) < 4.78 is 5.55. The number of ketones is 1. The molecule has 1 heterocycles. The molecule has 2 atom stereocenters. The Morgan fingerprint density at radius 3 is 2.43 bits per heavy atom. The first-order chi connectivity index (χ1) is 9.97. The molecule has 6 nitrogen and oxygen atoms in total. The van der Waals surface area contributed by atoms with Crippen LogP contribution < -0.4 is 4.74 Å². The summed E-state index contributed by atoms with van der Waals surface area (Å²) in [5.41, 5.74) is 0.514. The molecule has 2 aromatic rings. The fourth-order valence-electron chi connectivity index (χ4n) is 2.28. The molecule has 1 aliphatic heterocycles. The molecular weight excluding hydrogens is 276 g/mol. The Labute approximate surface area is 119 Å². The van der Waals surface area contributed by atoms with E-state index in [1.165, 1.54) is 36.4 Å². The number of fused-ring (bicyclic) bond motifs is 1. The second-order valence-electron chi connectivity index (χ2n) is 4.78. The zero-order chi connectivity index (χ0) is 15.1. The number of aliphatic hydroxyl groups excluding tert-OH is 1. The molecule has 4 N–H and O–H groups in total. The average molecular weight is 288 g/mol. The number of carbonyl (C=O) groups excluding carboxylic acids is 1. The predicted molar refractivity (Wildman–Crippen MR) is 71.6 cm³/mol. The second kappa shape index (κ2) is 4.68. The first kappa shape index (κ1) is 13.3. The summed E-state index contributed by atoms with van der Waals surface area (Å²) >= 11 is 0. The summed E-state index contributed by atoms with van der Waals surface area (Å²) in [4.78, 5) is 12.1. The van der Waals surface area contributed by atoms with Gasteiger partial charge in [-0.2, -0.15) is 0 Å². The largest absolute Gasteiger partial charge is 0.508 e. The van der Waals surface area contributed by atoms with Crippen molar-refractivity contribution in [2.45, 2.75) is 12.2 Å². The van der Waals surface area contributed by atoms with Gasteiger partial charge in [0.2, 0.25) is 0 Å². The van der Waals surface area contributed by atoms with Gasteiger partial charge in [0.25, 0.3) is 0 Å². The van der Waals surface area contributed by atoms with Crippen LogP contribution in [0.5, 0.6) is 23.0 Å². The smallest absolute Gasteiger partial charge is 0.199 e. The van der Waals surface area contributed by atoms with Crippen molar-refractivity contribution in [1.82, 2.24) is 0 Å². The number of carbonyl (C=O) groups is 1. The van der Waals surface area contributed by atoms with Crippen molar-refractivity contribution in [3.8, 4) is 23.0 Å². The summed E-state index contributed by atoms with van der Waals surface area (Å²) in [5.74, 6) is -1.13. The zero-order valence-corrected chi connectivity index (χ0v) is 10.7. The summed E-state index contributed by atoms with van der Waals surface area (Å²) in [6, 6.07) is 7.88. The molecule has 108 valence electrons. The van der Waals surface area contributed by atoms with Crippen LogP contribution in [0.15, 0.2) is 36.4 Å². The van der Waals surface area contributed by atoms with Crippen LogP contribution in [0, 0.1) is 0 Å². The molecule has 0 saturated heterocycles. The number of ether oxygens (including phenoxy) is 1. The molecule has 0 spiro atoms. The van der Waals surface area contributed by atoms with Crippen molar-refractivity contribution in [2.75, 3.05) is 0 Å². The van der Waals surface area contributed by atoms with E-state index in [4.69, 9.17) is 4.74 Å². The molecule has 0 aromatic heterocycles. The molecule has 0 unspecified atom stereocenters. The number of benzene rings is 2. The van der Waals surface area contributed by atoms with Crippen LogP contribution in [0.25, 0.3) is 0 Å². The molecule has 3 rings (SSSR count). The van der Waals surface area contributed by atoms with Gasteiger partial charge >= 0.3 is 0 Å². The van der Waals surface area contributed by atoms with Crippen molar-refractivity contribution in [1.29, 1.82) is 0 Å². The molecule has 2 aromatic carbocycles. The molecule has 0 saturated carbocycles. The van der Waals surface area contributed by atoms with E-state index in [1.807, 2.05) is 0 Å². The third kappa shape index (κ3) is 2.15. The van der Waals surface area contributed by atoms with Crippen molar-refractivity contribution < 1.29 is 30.0 Å². The van der Waals surface area contributed by atoms with E-state index in [1.54, 1.807) is 0 Å². The van der Waals surface area contributed by atoms with Crippen molar-refractivity contribution in [3.05, 3.63) is 47.5 Å². The third-order valence-corrected chi connectivity index (χ3v) is 3.37. The summed E-state index contributed by atoms with van der Waals surface area (Å²) in [7, 11) is 0. The molecule has 0 fully saturated rings. The van der Waals surface area contributed by atoms with Gasteiger partial charge in [-0.1, -0.05) is 6.07 Å². The van der Waals surface area contributed by atoms with E-state index in [9.17, 15) is 25.2 Å². The number of phenols is 3. The molecule has 0 radical (unpaired) electrons. The maximum Gasteiger partial charge on any atom is 0.199 e. The molecule has 1 aliphatic rings. The van der Waals surface area contributed by atoms with Crippen LogP contribution >= 0.6 is 0 Å². The first-order valence-electron chi connectivity index (χ1n) is 6.21. The fraction of sp³-hybridized carbons (Fsp3) is 0.133. The maximum absolute atomic E-state index is 12.1. The number of hydrogen-bond acceptors (Lipinski definition) is 6. The Kier molecular flexibility index (Phi) is 2.95. The number of aromatic hydroxyl groups is 3. The van der Waals surface area contributed by atoms with Crippen LogP contribution in [0.3, 0.4) is 0 Å². The lowest BCUT2D eigenvalue weighted by atomic mass is 9.93. The van der Waals surface area contributed by atoms with Crippen LogP contribution in [0.2, 0.25) is 0 Å². The number of hydrogen-bond donors (Lipinski definition) is 4. The van der Waals surface area contributed by atoms with Gasteiger partial charge in [0.1, 0.15) is 11.5 Å². The summed E-state index contributed by atoms with van der Waals surface area (Å²) in [6.07, 6.45) is -2.47. The van der Waals surface area contributed by atoms with Crippen LogP contribution in [-0.4, -0.2) is 32.3 Å². The topological polar surface area (TPSA) is 107 Å². The highest BCUT2D eigenvalue weighted by molar-refractivity contribution is 6.03. The van der Waals surface area contributed by atoms with Gasteiger partial charge in [0.15, 0.2) is 29.5 Å². The Bertz CT molecular complexity index is 724. The van der Waals surface area contributed by atoms with E-state index >= 15 is 0 Å². The fourth-order valence-corrected chi connectivity index (χ4v) is 2.28. The molecule has 0 amide bonds. The second-order valence-corrected chi connectivity index (χ2v) is 4.78. The Hall–Kier alpha value is -2.73. The Morgan fingerprint density at radius 1 is 0.952 bits per heavy atom. The average Bonchev–Trinajstić information content (AvgIpc) is 2.45. The lowest BCUT2D eigenvalue weighted by Crippen LogP contribution is -2.36. The number of aliphatic hydroxyl groups is 1. The number of rotatable bonds is 1. The molecule has 0 aliphatic carbocycles. The quantitative estimate of drug-likeness (QED) is 0.592. The van der Waals surface area contributed by atoms with Crippen LogP contribution in [-0.2, 0) is 0 Å². The standard InChI is InChI=1S/C15H12O6/c16-8-2-3-9-12(6-8)21-15(14(20)13(9)19)7-1-4-10(17)11(18)5-7/h1-6,14-18,20H/t14-,15-/m1/s1. The van der Waals surface area contributed by atoms with Crippen LogP contribution in [0.1, 0.15) is 22.0 Å². The van der Waals surface area contributed by atoms with Crippen LogP contribution in [0.4, 0.5) is 0 Å². The monoisotopic (exact) mass is 288 g/mol. The van der Waals surface area contributed by atoms with Gasteiger partial charge < -0.3 is 25.2 Å². The van der Waals surface area contributed by atoms with Gasteiger partial charge in [0, 0.05) is 6.07 Å². The highest BCUT2D eigenvalue weighted by atomic mass is 16.5. The normalized spacial score (nSPS) is 20.7. The summed E-state index contributed by atoms with van der Waals surface area (Å²) in [6.45, 7) is 0. The first-order valence-corrected chi connectivity index (χ1v) is 6.21. The minimum absolute atomic E-state index is 0.0646. The number of phenolic OH excluding ortho intramolecular Hbond substituents is 3. The van der Waals surface area contributed by atoms with Crippen molar-refractivity contribution in [2.24, 2.45) is 0 Å². The third-order valence-electron chi connectivity index (χ3n) is 3.37. The Balaban J connectivity index is 2.05. The molecule has 0 bridgehead atoms. The molecule has 6 heteroatoms. The van der Waals surface area contributed by atoms with Gasteiger partial charge in [-0.25, -0.2) is 0 Å². The van der Waals surface area contributed by atoms with E-state index in [0.717, 1.165) is 0 Å². The maximum atomic E-state index is 12.1. The minimum Gasteiger partial charge on any atom is -0.508 e. The van der Waals surface area contributed by atoms with Gasteiger partial charge in [-0.05, 0) is 29.8 Å². The van der Waals surface area contributed by atoms with E-state index < -0.39 is 18.0 Å². The predicted octanol–water partition coefficient (Wildman–Crippen LogP) is 1.48. The van der Waals surface area contributed by atoms with Gasteiger partial charge in [-0.15, -0.1) is 0 Å². The molecule has 21 heavy (non-hydrogen) atoms. The number of Topliss-reactive ketones (excluding diaryl/α,β-unsaturated/α-hetero) is 1. The van der Waals surface area contributed by atoms with Gasteiger partial charge in [-0.3, -0.25) is 4.79 Å². The van der Waals surface area contributed by atoms with E-state index in [-0.39, 0.29) is 28.6 Å². The zero-order valence-electron chi connectivity index (χ0n) is 10.7. The van der Waals surface area contributed by atoms with Crippen molar-refractivity contribution >= 4 is 5.78 Å². The van der Waals surface area contributed by atoms with E-state index in [0.29, 0.717) is 5.56 Å². The Morgan fingerprint density at radius 2 is 1.71 bits per heavy atom. The van der Waals surface area contributed by atoms with E-state index in [2.05, 4.69) is 0 Å². The summed E-state index contributed by atoms with van der Waals surface area (Å²) in [5, 5.41) is 38.3. The lowest BCUT2D eigenvalue weighted by Gasteiger charge is -2.29. The van der Waals surface area contributed by atoms with Gasteiger partial charge in [0.05, 0.1) is 5.56 Å². The highest BCUT2D eigenvalue weighted by Crippen LogP contribution is 2.38. The lowest BCUT2D eigenvalue weighted by molar-refractivity contribution is 0.0215.